The lowest BCUT2D eigenvalue weighted by atomic mass is 9.66. The minimum Gasteiger partial charge on any atom is -0.399 e. The molecule has 3 heteroatoms. The van der Waals surface area contributed by atoms with Crippen molar-refractivity contribution in [2.24, 2.45) is 0 Å². The van der Waals surface area contributed by atoms with Crippen molar-refractivity contribution in [3.63, 3.8) is 0 Å². The fraction of sp³-hybridized carbons (Fsp3) is 0.545. The van der Waals surface area contributed by atoms with E-state index in [4.69, 9.17) is 9.31 Å². The van der Waals surface area contributed by atoms with Gasteiger partial charge in [-0.2, -0.15) is 0 Å². The molecule has 1 saturated heterocycles. The summed E-state index contributed by atoms with van der Waals surface area (Å²) in [4.78, 5) is 0. The van der Waals surface area contributed by atoms with Crippen molar-refractivity contribution in [1.82, 2.24) is 0 Å². The molecule has 2 nitrogen and oxygen atoms in total. The Kier molecular flexibility index (Phi) is 3.21. The van der Waals surface area contributed by atoms with Crippen LogP contribution in [-0.4, -0.2) is 18.3 Å². The predicted octanol–water partition coefficient (Wildman–Crippen LogP) is 4.71. The first-order valence-corrected chi connectivity index (χ1v) is 9.32. The molecule has 0 aromatic heterocycles. The summed E-state index contributed by atoms with van der Waals surface area (Å²) < 4.78 is 12.6. The van der Waals surface area contributed by atoms with E-state index in [2.05, 4.69) is 85.7 Å². The van der Waals surface area contributed by atoms with Crippen LogP contribution in [0.3, 0.4) is 0 Å². The monoisotopic (exact) mass is 336 g/mol. The molecule has 0 radical (unpaired) electrons. The van der Waals surface area contributed by atoms with Gasteiger partial charge < -0.3 is 9.31 Å². The Labute approximate surface area is 152 Å². The van der Waals surface area contributed by atoms with Gasteiger partial charge in [0.1, 0.15) is 0 Å². The van der Waals surface area contributed by atoms with Gasteiger partial charge in [-0.25, -0.2) is 0 Å². The lowest BCUT2D eigenvalue weighted by Gasteiger charge is -2.37. The molecule has 132 valence electrons. The van der Waals surface area contributed by atoms with Gasteiger partial charge in [-0.1, -0.05) is 58.0 Å². The Morgan fingerprint density at radius 1 is 0.720 bits per heavy atom. The zero-order valence-corrected chi connectivity index (χ0v) is 16.8. The molecule has 2 aromatic carbocycles. The molecule has 1 heterocycles. The smallest absolute Gasteiger partial charge is 0.399 e. The molecular weight excluding hydrogens is 307 g/mol. The third kappa shape index (κ3) is 2.06. The average Bonchev–Trinajstić information content (AvgIpc) is 2.81. The summed E-state index contributed by atoms with van der Waals surface area (Å²) in [5.74, 6) is 0. The summed E-state index contributed by atoms with van der Waals surface area (Å²) in [7, 11) is -0.311. The fourth-order valence-electron chi connectivity index (χ4n) is 4.25. The van der Waals surface area contributed by atoms with Crippen molar-refractivity contribution in [2.75, 3.05) is 0 Å². The van der Waals surface area contributed by atoms with Gasteiger partial charge in [-0.3, -0.25) is 0 Å². The van der Waals surface area contributed by atoms with Crippen LogP contribution in [0, 0.1) is 0 Å². The Morgan fingerprint density at radius 2 is 1.28 bits per heavy atom. The molecule has 0 unspecified atom stereocenters. The first-order valence-electron chi connectivity index (χ1n) is 9.32. The van der Waals surface area contributed by atoms with Crippen molar-refractivity contribution in [3.05, 3.63) is 41.5 Å². The van der Waals surface area contributed by atoms with Gasteiger partial charge in [0.2, 0.25) is 0 Å². The molecule has 4 rings (SSSR count). The van der Waals surface area contributed by atoms with E-state index in [1.165, 1.54) is 21.9 Å². The molecule has 2 aromatic rings. The van der Waals surface area contributed by atoms with Gasteiger partial charge in [-0.05, 0) is 65.9 Å². The molecule has 0 amide bonds. The maximum atomic E-state index is 6.31. The predicted molar refractivity (Wildman–Crippen MR) is 106 cm³/mol. The van der Waals surface area contributed by atoms with E-state index >= 15 is 0 Å². The molecule has 1 aliphatic heterocycles. The highest BCUT2D eigenvalue weighted by atomic mass is 16.7. The van der Waals surface area contributed by atoms with Crippen molar-refractivity contribution in [1.29, 1.82) is 0 Å². The second-order valence-corrected chi connectivity index (χ2v) is 9.81. The van der Waals surface area contributed by atoms with Gasteiger partial charge in [-0.15, -0.1) is 0 Å². The van der Waals surface area contributed by atoms with Crippen molar-refractivity contribution in [3.8, 4) is 0 Å². The van der Waals surface area contributed by atoms with Crippen LogP contribution < -0.4 is 5.46 Å². The highest BCUT2D eigenvalue weighted by Gasteiger charge is 2.53. The standard InChI is InChI=1S/C22H29BO2/c1-19(2)16-11-9-10-14-12-15(13-17(18(14)16)20(19,3)4)23-24-21(5,6)22(7,8)25-23/h9-13H,1-8H3. The average molecular weight is 336 g/mol. The van der Waals surface area contributed by atoms with Crippen LogP contribution >= 0.6 is 0 Å². The summed E-state index contributed by atoms with van der Waals surface area (Å²) in [5.41, 5.74) is 3.52. The SMILES string of the molecule is CC1(C)OB(c2cc3c4c(cccc4c2)C(C)(C)C3(C)C)OC1(C)C. The number of rotatable bonds is 1. The van der Waals surface area contributed by atoms with Crippen molar-refractivity contribution >= 4 is 23.4 Å². The highest BCUT2D eigenvalue weighted by molar-refractivity contribution is 6.62. The van der Waals surface area contributed by atoms with Gasteiger partial charge in [0.05, 0.1) is 11.2 Å². The normalized spacial score (nSPS) is 24.9. The summed E-state index contributed by atoms with van der Waals surface area (Å²) >= 11 is 0. The largest absolute Gasteiger partial charge is 0.494 e. The summed E-state index contributed by atoms with van der Waals surface area (Å²) in [6, 6.07) is 11.3. The van der Waals surface area contributed by atoms with E-state index in [0.29, 0.717) is 0 Å². The summed E-state index contributed by atoms with van der Waals surface area (Å²) in [5, 5.41) is 2.70. The maximum absolute atomic E-state index is 6.31. The van der Waals surface area contributed by atoms with Gasteiger partial charge in [0.25, 0.3) is 0 Å². The van der Waals surface area contributed by atoms with Crippen molar-refractivity contribution in [2.45, 2.75) is 77.4 Å². The second-order valence-electron chi connectivity index (χ2n) is 9.81. The van der Waals surface area contributed by atoms with Crippen LogP contribution in [0.4, 0.5) is 0 Å². The van der Waals surface area contributed by atoms with Crippen LogP contribution in [0.2, 0.25) is 0 Å². The lowest BCUT2D eigenvalue weighted by Crippen LogP contribution is -2.41. The Morgan fingerprint density at radius 3 is 1.88 bits per heavy atom. The molecule has 1 aliphatic carbocycles. The van der Waals surface area contributed by atoms with Crippen LogP contribution in [0.5, 0.6) is 0 Å². The van der Waals surface area contributed by atoms with Gasteiger partial charge in [0.15, 0.2) is 0 Å². The topological polar surface area (TPSA) is 18.5 Å². The first-order chi connectivity index (χ1) is 11.4. The molecule has 0 bridgehead atoms. The third-order valence-electron chi connectivity index (χ3n) is 7.43. The first kappa shape index (κ1) is 17.1. The quantitative estimate of drug-likeness (QED) is 0.702. The molecular formula is C22H29BO2. The van der Waals surface area contributed by atoms with Crippen LogP contribution in [0.25, 0.3) is 10.8 Å². The van der Waals surface area contributed by atoms with Crippen molar-refractivity contribution < 1.29 is 9.31 Å². The number of hydrogen-bond donors (Lipinski definition) is 0. The van der Waals surface area contributed by atoms with E-state index in [1.54, 1.807) is 0 Å². The van der Waals surface area contributed by atoms with Crippen LogP contribution in [-0.2, 0) is 20.1 Å². The fourth-order valence-corrected chi connectivity index (χ4v) is 4.25. The van der Waals surface area contributed by atoms with E-state index < -0.39 is 0 Å². The third-order valence-corrected chi connectivity index (χ3v) is 7.43. The molecule has 1 fully saturated rings. The second kappa shape index (κ2) is 4.69. The highest BCUT2D eigenvalue weighted by Crippen LogP contribution is 2.54. The minimum atomic E-state index is -0.316. The summed E-state index contributed by atoms with van der Waals surface area (Å²) in [6.45, 7) is 17.9. The van der Waals surface area contributed by atoms with E-state index in [9.17, 15) is 0 Å². The molecule has 0 N–H and O–H groups in total. The van der Waals surface area contributed by atoms with Crippen LogP contribution in [0.15, 0.2) is 30.3 Å². The summed E-state index contributed by atoms with van der Waals surface area (Å²) in [6.07, 6.45) is 0. The van der Waals surface area contributed by atoms with E-state index in [1.807, 2.05) is 0 Å². The molecule has 2 aliphatic rings. The Bertz CT molecular complexity index is 861. The zero-order valence-electron chi connectivity index (χ0n) is 16.8. The number of hydrogen-bond acceptors (Lipinski definition) is 2. The maximum Gasteiger partial charge on any atom is 0.494 e. The number of benzene rings is 2. The Balaban J connectivity index is 1.91. The van der Waals surface area contributed by atoms with E-state index in [-0.39, 0.29) is 29.2 Å². The minimum absolute atomic E-state index is 0.0641. The van der Waals surface area contributed by atoms with Crippen LogP contribution in [0.1, 0.15) is 66.5 Å². The molecule has 0 atom stereocenters. The van der Waals surface area contributed by atoms with E-state index in [0.717, 1.165) is 5.46 Å². The van der Waals surface area contributed by atoms with Gasteiger partial charge in [0, 0.05) is 0 Å². The molecule has 0 spiro atoms. The van der Waals surface area contributed by atoms with Gasteiger partial charge >= 0.3 is 7.12 Å². The lowest BCUT2D eigenvalue weighted by molar-refractivity contribution is 0.00578. The molecule has 25 heavy (non-hydrogen) atoms. The molecule has 0 saturated carbocycles. The zero-order chi connectivity index (χ0) is 18.4. The Hall–Kier alpha value is -1.32.